The van der Waals surface area contributed by atoms with Crippen LogP contribution in [-0.4, -0.2) is 19.8 Å². The third-order valence-electron chi connectivity index (χ3n) is 2.55. The van der Waals surface area contributed by atoms with E-state index in [1.807, 2.05) is 24.3 Å². The van der Waals surface area contributed by atoms with Gasteiger partial charge in [-0.25, -0.2) is 0 Å². The van der Waals surface area contributed by atoms with Crippen LogP contribution in [0.4, 0.5) is 0 Å². The van der Waals surface area contributed by atoms with Crippen LogP contribution >= 0.6 is 0 Å². The minimum Gasteiger partial charge on any atom is -0.497 e. The van der Waals surface area contributed by atoms with E-state index in [0.717, 1.165) is 30.0 Å². The van der Waals surface area contributed by atoms with Gasteiger partial charge in [-0.3, -0.25) is 0 Å². The molecule has 0 aromatic heterocycles. The number of ether oxygens (including phenoxy) is 2. The molecule has 1 N–H and O–H groups in total. The monoisotopic (exact) mass is 249 g/mol. The summed E-state index contributed by atoms with van der Waals surface area (Å²) in [4.78, 5) is 0. The van der Waals surface area contributed by atoms with Crippen LogP contribution in [0.5, 0.6) is 11.5 Å². The molecule has 1 aromatic carbocycles. The van der Waals surface area contributed by atoms with Crippen LogP contribution in [0.15, 0.2) is 30.9 Å². The lowest BCUT2D eigenvalue weighted by atomic mass is 10.2. The summed E-state index contributed by atoms with van der Waals surface area (Å²) in [5, 5.41) is 3.39. The summed E-state index contributed by atoms with van der Waals surface area (Å²) in [5.74, 6) is 1.70. The average Bonchev–Trinajstić information content (AvgIpc) is 2.37. The Morgan fingerprint density at radius 3 is 2.78 bits per heavy atom. The predicted molar refractivity (Wildman–Crippen MR) is 75.3 cm³/mol. The lowest BCUT2D eigenvalue weighted by molar-refractivity contribution is 0.317. The van der Waals surface area contributed by atoms with E-state index in [4.69, 9.17) is 9.47 Å². The number of hydrogen-bond acceptors (Lipinski definition) is 3. The molecule has 0 bridgehead atoms. The Bertz CT molecular complexity index is 375. The first-order valence-corrected chi connectivity index (χ1v) is 6.31. The summed E-state index contributed by atoms with van der Waals surface area (Å²) in [6.07, 6.45) is 2.69. The highest BCUT2D eigenvalue weighted by Crippen LogP contribution is 2.25. The second-order valence-corrected chi connectivity index (χ2v) is 4.44. The molecule has 0 aliphatic rings. The summed E-state index contributed by atoms with van der Waals surface area (Å²) in [7, 11) is 1.66. The quantitative estimate of drug-likeness (QED) is 0.567. The molecule has 0 radical (unpaired) electrons. The summed E-state index contributed by atoms with van der Waals surface area (Å²) in [6.45, 7) is 9.38. The number of nitrogens with one attached hydrogen (secondary N) is 1. The molecular weight excluding hydrogens is 226 g/mol. The van der Waals surface area contributed by atoms with Crippen LogP contribution in [0.1, 0.15) is 25.8 Å². The van der Waals surface area contributed by atoms with Crippen LogP contribution in [0.3, 0.4) is 0 Å². The van der Waals surface area contributed by atoms with Crippen LogP contribution in [0, 0.1) is 0 Å². The highest BCUT2D eigenvalue weighted by molar-refractivity contribution is 5.40. The average molecular weight is 249 g/mol. The Hall–Kier alpha value is -1.48. The van der Waals surface area contributed by atoms with E-state index in [9.17, 15) is 0 Å². The van der Waals surface area contributed by atoms with Crippen LogP contribution in [-0.2, 0) is 6.54 Å². The summed E-state index contributed by atoms with van der Waals surface area (Å²) >= 11 is 0. The van der Waals surface area contributed by atoms with E-state index in [2.05, 4.69) is 25.7 Å². The Morgan fingerprint density at radius 1 is 1.39 bits per heavy atom. The zero-order valence-corrected chi connectivity index (χ0v) is 11.5. The van der Waals surface area contributed by atoms with Gasteiger partial charge in [-0.1, -0.05) is 26.0 Å². The second kappa shape index (κ2) is 7.77. The lowest BCUT2D eigenvalue weighted by Crippen LogP contribution is -2.22. The molecule has 0 saturated carbocycles. The van der Waals surface area contributed by atoms with Crippen molar-refractivity contribution in [2.45, 2.75) is 32.9 Å². The molecule has 1 rings (SSSR count). The molecule has 0 aliphatic carbocycles. The van der Waals surface area contributed by atoms with Crippen LogP contribution in [0.2, 0.25) is 0 Å². The molecule has 0 aliphatic heterocycles. The van der Waals surface area contributed by atoms with Gasteiger partial charge in [-0.15, -0.1) is 6.58 Å². The number of rotatable bonds is 8. The van der Waals surface area contributed by atoms with Gasteiger partial charge in [0.15, 0.2) is 0 Å². The van der Waals surface area contributed by atoms with Crippen molar-refractivity contribution in [3.63, 3.8) is 0 Å². The van der Waals surface area contributed by atoms with Crippen molar-refractivity contribution in [1.82, 2.24) is 5.32 Å². The van der Waals surface area contributed by atoms with Crippen molar-refractivity contribution < 1.29 is 9.47 Å². The van der Waals surface area contributed by atoms with Gasteiger partial charge in [0.2, 0.25) is 0 Å². The standard InChI is InChI=1S/C15H23NO2/c1-5-6-9-18-15-10-14(17-4)8-7-13(15)11-16-12(2)3/h5,7-8,10,12,16H,1,6,9,11H2,2-4H3. The van der Waals surface area contributed by atoms with Crippen molar-refractivity contribution in [3.8, 4) is 11.5 Å². The minimum atomic E-state index is 0.452. The largest absolute Gasteiger partial charge is 0.497 e. The van der Waals surface area contributed by atoms with Crippen molar-refractivity contribution >= 4 is 0 Å². The van der Waals surface area contributed by atoms with Gasteiger partial charge >= 0.3 is 0 Å². The van der Waals surface area contributed by atoms with E-state index < -0.39 is 0 Å². The minimum absolute atomic E-state index is 0.452. The Kier molecular flexibility index (Phi) is 6.29. The maximum absolute atomic E-state index is 5.76. The third-order valence-corrected chi connectivity index (χ3v) is 2.55. The van der Waals surface area contributed by atoms with E-state index >= 15 is 0 Å². The van der Waals surface area contributed by atoms with Crippen LogP contribution in [0.25, 0.3) is 0 Å². The summed E-state index contributed by atoms with van der Waals surface area (Å²) < 4.78 is 11.0. The fourth-order valence-electron chi connectivity index (χ4n) is 1.51. The van der Waals surface area contributed by atoms with Crippen molar-refractivity contribution in [3.05, 3.63) is 36.4 Å². The molecular formula is C15H23NO2. The smallest absolute Gasteiger partial charge is 0.127 e. The van der Waals surface area contributed by atoms with Gasteiger partial charge in [0, 0.05) is 24.2 Å². The van der Waals surface area contributed by atoms with Gasteiger partial charge in [0.25, 0.3) is 0 Å². The molecule has 0 atom stereocenters. The highest BCUT2D eigenvalue weighted by Gasteiger charge is 2.06. The van der Waals surface area contributed by atoms with Crippen molar-refractivity contribution in [2.75, 3.05) is 13.7 Å². The van der Waals surface area contributed by atoms with Gasteiger partial charge < -0.3 is 14.8 Å². The molecule has 0 spiro atoms. The maximum Gasteiger partial charge on any atom is 0.127 e. The Labute approximate surface area is 110 Å². The molecule has 0 amide bonds. The molecule has 0 saturated heterocycles. The van der Waals surface area contributed by atoms with Crippen molar-refractivity contribution in [2.24, 2.45) is 0 Å². The molecule has 0 heterocycles. The topological polar surface area (TPSA) is 30.5 Å². The maximum atomic E-state index is 5.76. The number of hydrogen-bond donors (Lipinski definition) is 1. The predicted octanol–water partition coefficient (Wildman–Crippen LogP) is 3.15. The lowest BCUT2D eigenvalue weighted by Gasteiger charge is -2.14. The fourth-order valence-corrected chi connectivity index (χ4v) is 1.51. The Morgan fingerprint density at radius 2 is 2.17 bits per heavy atom. The first kappa shape index (κ1) is 14.6. The van der Waals surface area contributed by atoms with E-state index in [1.165, 1.54) is 0 Å². The first-order chi connectivity index (χ1) is 8.67. The number of methoxy groups -OCH3 is 1. The Balaban J connectivity index is 2.75. The first-order valence-electron chi connectivity index (χ1n) is 6.31. The molecule has 0 unspecified atom stereocenters. The zero-order chi connectivity index (χ0) is 13.4. The SMILES string of the molecule is C=CCCOc1cc(OC)ccc1CNC(C)C. The highest BCUT2D eigenvalue weighted by atomic mass is 16.5. The molecule has 100 valence electrons. The van der Waals surface area contributed by atoms with Crippen LogP contribution < -0.4 is 14.8 Å². The normalized spacial score (nSPS) is 10.4. The van der Waals surface area contributed by atoms with Gasteiger partial charge in [-0.2, -0.15) is 0 Å². The third kappa shape index (κ3) is 4.80. The molecule has 1 aromatic rings. The van der Waals surface area contributed by atoms with Gasteiger partial charge in [-0.05, 0) is 12.5 Å². The van der Waals surface area contributed by atoms with E-state index in [-0.39, 0.29) is 0 Å². The van der Waals surface area contributed by atoms with Gasteiger partial charge in [0.1, 0.15) is 11.5 Å². The zero-order valence-electron chi connectivity index (χ0n) is 11.5. The second-order valence-electron chi connectivity index (χ2n) is 4.44. The van der Waals surface area contributed by atoms with Gasteiger partial charge in [0.05, 0.1) is 13.7 Å². The van der Waals surface area contributed by atoms with Crippen molar-refractivity contribution in [1.29, 1.82) is 0 Å². The molecule has 0 fully saturated rings. The van der Waals surface area contributed by atoms with E-state index in [0.29, 0.717) is 12.6 Å². The fraction of sp³-hybridized carbons (Fsp3) is 0.467. The molecule has 3 heteroatoms. The summed E-state index contributed by atoms with van der Waals surface area (Å²) in [5.41, 5.74) is 1.15. The molecule has 3 nitrogen and oxygen atoms in total. The molecule has 18 heavy (non-hydrogen) atoms. The number of benzene rings is 1. The summed E-state index contributed by atoms with van der Waals surface area (Å²) in [6, 6.07) is 6.38. The van der Waals surface area contributed by atoms with E-state index in [1.54, 1.807) is 7.11 Å².